The molecule has 2 aromatic rings. The number of benzene rings is 1. The largest absolute Gasteiger partial charge is 0.491 e. The summed E-state index contributed by atoms with van der Waals surface area (Å²) >= 11 is 0. The Bertz CT molecular complexity index is 824. The number of hydrogen-bond acceptors (Lipinski definition) is 5. The standard InChI is InChI=1S/C20H24N4O3/c25-19-13-18-20(24(19)10-12-27-20)5-7-23(18)14-16-3-1-2-4-17(16)26-11-9-22-8-6-21-15-22/h1-4,6,8,15,18H,5,7,9-14H2/t18-,20+/m1/s1. The molecule has 0 saturated carbocycles. The Morgan fingerprint density at radius 2 is 2.22 bits per heavy atom. The Kier molecular flexibility index (Phi) is 4.13. The molecule has 5 rings (SSSR count). The molecule has 3 aliphatic rings. The Balaban J connectivity index is 1.28. The lowest BCUT2D eigenvalue weighted by atomic mass is 10.1. The molecule has 7 heteroatoms. The number of nitrogens with zero attached hydrogens (tertiary/aromatic N) is 4. The molecule has 27 heavy (non-hydrogen) atoms. The van der Waals surface area contributed by atoms with Gasteiger partial charge in [0.25, 0.3) is 0 Å². The number of ether oxygens (including phenoxy) is 2. The van der Waals surface area contributed by atoms with E-state index in [1.165, 1.54) is 0 Å². The molecule has 0 bridgehead atoms. The summed E-state index contributed by atoms with van der Waals surface area (Å²) in [6, 6.07) is 8.32. The van der Waals surface area contributed by atoms with Gasteiger partial charge in [0.2, 0.25) is 5.91 Å². The fourth-order valence-corrected chi connectivity index (χ4v) is 4.74. The summed E-state index contributed by atoms with van der Waals surface area (Å²) in [7, 11) is 0. The summed E-state index contributed by atoms with van der Waals surface area (Å²) in [6.45, 7) is 4.47. The van der Waals surface area contributed by atoms with Crippen LogP contribution in [0.2, 0.25) is 0 Å². The molecule has 0 radical (unpaired) electrons. The first kappa shape index (κ1) is 16.8. The van der Waals surface area contributed by atoms with E-state index in [0.29, 0.717) is 19.6 Å². The molecular formula is C20H24N4O3. The molecule has 0 unspecified atom stereocenters. The maximum atomic E-state index is 12.4. The van der Waals surface area contributed by atoms with E-state index in [2.05, 4.69) is 16.0 Å². The van der Waals surface area contributed by atoms with Crippen molar-refractivity contribution in [2.75, 3.05) is 26.3 Å². The lowest BCUT2D eigenvalue weighted by Gasteiger charge is -2.31. The second-order valence-electron chi connectivity index (χ2n) is 7.44. The summed E-state index contributed by atoms with van der Waals surface area (Å²) in [5, 5.41) is 0. The average Bonchev–Trinajstić information content (AvgIpc) is 3.43. The maximum absolute atomic E-state index is 12.4. The van der Waals surface area contributed by atoms with E-state index in [-0.39, 0.29) is 17.7 Å². The number of likely N-dealkylation sites (tertiary alicyclic amines) is 1. The minimum Gasteiger partial charge on any atom is -0.491 e. The predicted molar refractivity (Wildman–Crippen MR) is 98.0 cm³/mol. The van der Waals surface area contributed by atoms with Gasteiger partial charge in [-0.15, -0.1) is 0 Å². The van der Waals surface area contributed by atoms with Crippen molar-refractivity contribution in [3.63, 3.8) is 0 Å². The molecule has 1 amide bonds. The Morgan fingerprint density at radius 3 is 3.11 bits per heavy atom. The zero-order valence-electron chi connectivity index (χ0n) is 15.3. The van der Waals surface area contributed by atoms with Gasteiger partial charge in [-0.3, -0.25) is 9.69 Å². The smallest absolute Gasteiger partial charge is 0.226 e. The van der Waals surface area contributed by atoms with Gasteiger partial charge < -0.3 is 18.9 Å². The number of carbonyl (C=O) groups is 1. The van der Waals surface area contributed by atoms with Crippen molar-refractivity contribution in [2.45, 2.75) is 37.7 Å². The van der Waals surface area contributed by atoms with Gasteiger partial charge in [0.15, 0.2) is 5.72 Å². The molecule has 1 aromatic carbocycles. The van der Waals surface area contributed by atoms with Gasteiger partial charge >= 0.3 is 0 Å². The van der Waals surface area contributed by atoms with Gasteiger partial charge in [0.1, 0.15) is 12.4 Å². The molecule has 3 aliphatic heterocycles. The van der Waals surface area contributed by atoms with Crippen molar-refractivity contribution in [1.82, 2.24) is 19.4 Å². The van der Waals surface area contributed by atoms with E-state index in [0.717, 1.165) is 43.9 Å². The molecule has 142 valence electrons. The van der Waals surface area contributed by atoms with Crippen molar-refractivity contribution in [1.29, 1.82) is 0 Å². The van der Waals surface area contributed by atoms with Crippen LogP contribution in [0.15, 0.2) is 43.0 Å². The van der Waals surface area contributed by atoms with Crippen LogP contribution in [-0.2, 0) is 22.6 Å². The van der Waals surface area contributed by atoms with Crippen LogP contribution in [-0.4, -0.2) is 63.3 Å². The number of imidazole rings is 1. The fourth-order valence-electron chi connectivity index (χ4n) is 4.74. The molecule has 2 atom stereocenters. The monoisotopic (exact) mass is 368 g/mol. The molecule has 1 aromatic heterocycles. The first-order valence-corrected chi connectivity index (χ1v) is 9.61. The fraction of sp³-hybridized carbons (Fsp3) is 0.500. The van der Waals surface area contributed by atoms with Crippen molar-refractivity contribution < 1.29 is 14.3 Å². The lowest BCUT2D eigenvalue weighted by molar-refractivity contribution is -0.136. The average molecular weight is 368 g/mol. The molecule has 1 spiro atoms. The molecule has 0 N–H and O–H groups in total. The third kappa shape index (κ3) is 2.82. The van der Waals surface area contributed by atoms with E-state index in [1.54, 1.807) is 12.5 Å². The quantitative estimate of drug-likeness (QED) is 0.773. The van der Waals surface area contributed by atoms with E-state index >= 15 is 0 Å². The van der Waals surface area contributed by atoms with Crippen LogP contribution in [0.3, 0.4) is 0 Å². The van der Waals surface area contributed by atoms with Gasteiger partial charge in [0.05, 0.1) is 25.5 Å². The first-order chi connectivity index (χ1) is 13.3. The van der Waals surface area contributed by atoms with Crippen LogP contribution in [0.4, 0.5) is 0 Å². The number of hydrogen-bond donors (Lipinski definition) is 0. The summed E-state index contributed by atoms with van der Waals surface area (Å²) in [6.07, 6.45) is 6.96. The summed E-state index contributed by atoms with van der Waals surface area (Å²) < 4.78 is 14.1. The van der Waals surface area contributed by atoms with Crippen LogP contribution >= 0.6 is 0 Å². The van der Waals surface area contributed by atoms with E-state index in [4.69, 9.17) is 9.47 Å². The van der Waals surface area contributed by atoms with Crippen molar-refractivity contribution in [3.8, 4) is 5.75 Å². The molecule has 3 fully saturated rings. The lowest BCUT2D eigenvalue weighted by Crippen LogP contribution is -2.47. The molecule has 4 heterocycles. The first-order valence-electron chi connectivity index (χ1n) is 9.61. The molecular weight excluding hydrogens is 344 g/mol. The van der Waals surface area contributed by atoms with Crippen LogP contribution in [0.5, 0.6) is 5.75 Å². The topological polar surface area (TPSA) is 59.8 Å². The van der Waals surface area contributed by atoms with Crippen LogP contribution in [0, 0.1) is 0 Å². The third-order valence-corrected chi connectivity index (χ3v) is 6.02. The van der Waals surface area contributed by atoms with Gasteiger partial charge in [0, 0.05) is 50.4 Å². The Labute approximate surface area is 158 Å². The minimum absolute atomic E-state index is 0.145. The van der Waals surface area contributed by atoms with Gasteiger partial charge in [-0.2, -0.15) is 0 Å². The minimum atomic E-state index is -0.381. The van der Waals surface area contributed by atoms with Crippen LogP contribution in [0.1, 0.15) is 18.4 Å². The number of carbonyl (C=O) groups excluding carboxylic acids is 1. The normalized spacial score (nSPS) is 27.2. The zero-order valence-corrected chi connectivity index (χ0v) is 15.3. The number of amides is 1. The highest BCUT2D eigenvalue weighted by atomic mass is 16.5. The molecule has 0 aliphatic carbocycles. The SMILES string of the molecule is O=C1C[C@H]2N(Cc3ccccc3OCCn3ccnc3)CC[C@]23OCCN13. The van der Waals surface area contributed by atoms with E-state index in [1.807, 2.05) is 33.9 Å². The Morgan fingerprint density at radius 1 is 1.30 bits per heavy atom. The van der Waals surface area contributed by atoms with Crippen LogP contribution in [0.25, 0.3) is 0 Å². The predicted octanol–water partition coefficient (Wildman–Crippen LogP) is 1.50. The van der Waals surface area contributed by atoms with Gasteiger partial charge in [-0.05, 0) is 6.07 Å². The van der Waals surface area contributed by atoms with Gasteiger partial charge in [-0.1, -0.05) is 18.2 Å². The number of aromatic nitrogens is 2. The second-order valence-corrected chi connectivity index (χ2v) is 7.44. The van der Waals surface area contributed by atoms with Crippen molar-refractivity contribution in [2.24, 2.45) is 0 Å². The number of rotatable bonds is 6. The highest BCUT2D eigenvalue weighted by molar-refractivity contribution is 5.81. The molecule has 7 nitrogen and oxygen atoms in total. The van der Waals surface area contributed by atoms with E-state index in [9.17, 15) is 4.79 Å². The van der Waals surface area contributed by atoms with Crippen molar-refractivity contribution >= 4 is 5.91 Å². The van der Waals surface area contributed by atoms with E-state index < -0.39 is 0 Å². The highest BCUT2D eigenvalue weighted by Gasteiger charge is 2.61. The van der Waals surface area contributed by atoms with Crippen LogP contribution < -0.4 is 4.74 Å². The number of para-hydroxylation sites is 1. The maximum Gasteiger partial charge on any atom is 0.226 e. The zero-order chi connectivity index (χ0) is 18.3. The third-order valence-electron chi connectivity index (χ3n) is 6.02. The second kappa shape index (κ2) is 6.65. The van der Waals surface area contributed by atoms with Crippen molar-refractivity contribution in [3.05, 3.63) is 48.5 Å². The summed E-state index contributed by atoms with van der Waals surface area (Å²) in [5.74, 6) is 1.14. The summed E-state index contributed by atoms with van der Waals surface area (Å²) in [4.78, 5) is 20.8. The summed E-state index contributed by atoms with van der Waals surface area (Å²) in [5.41, 5.74) is 0.776. The molecule has 3 saturated heterocycles. The van der Waals surface area contributed by atoms with Gasteiger partial charge in [-0.25, -0.2) is 4.98 Å². The Hall–Kier alpha value is -2.38. The highest BCUT2D eigenvalue weighted by Crippen LogP contribution is 2.46.